The molecule has 0 aliphatic heterocycles. The van der Waals surface area contributed by atoms with Crippen LogP contribution in [-0.2, 0) is 6.61 Å². The predicted molar refractivity (Wildman–Crippen MR) is 159 cm³/mol. The number of hydrogen-bond acceptors (Lipinski definition) is 5. The van der Waals surface area contributed by atoms with Crippen molar-refractivity contribution in [1.82, 2.24) is 10.3 Å². The van der Waals surface area contributed by atoms with Gasteiger partial charge in [0.05, 0.1) is 0 Å². The molecular formula is C32H29N3O3S. The van der Waals surface area contributed by atoms with Crippen LogP contribution in [0.4, 0.5) is 5.69 Å². The standard InChI is InChI=1S/C32H29N3O3S/c1-3-21(2)24-14-17-29-28(19-24)34-31(38-29)25-10-7-11-26(18-25)33-32(39)35-30(36)23-12-15-27(16-13-23)37-20-22-8-5-4-6-9-22/h4-19,21H,3,20H2,1-2H3,(H2,33,35,36,39)/t21-/m1/s1. The maximum Gasteiger partial charge on any atom is 0.257 e. The molecule has 1 heterocycles. The summed E-state index contributed by atoms with van der Waals surface area (Å²) in [5, 5.41) is 5.99. The molecule has 0 unspecified atom stereocenters. The number of carbonyl (C=O) groups excluding carboxylic acids is 1. The van der Waals surface area contributed by atoms with Crippen LogP contribution in [0, 0.1) is 0 Å². The summed E-state index contributed by atoms with van der Waals surface area (Å²) in [7, 11) is 0. The van der Waals surface area contributed by atoms with E-state index in [0.29, 0.717) is 35.4 Å². The highest BCUT2D eigenvalue weighted by Gasteiger charge is 2.13. The second-order valence-corrected chi connectivity index (χ2v) is 9.75. The topological polar surface area (TPSA) is 76.4 Å². The van der Waals surface area contributed by atoms with Crippen molar-refractivity contribution in [3.05, 3.63) is 114 Å². The highest BCUT2D eigenvalue weighted by Crippen LogP contribution is 2.29. The summed E-state index contributed by atoms with van der Waals surface area (Å²) in [6.07, 6.45) is 1.06. The first-order valence-corrected chi connectivity index (χ1v) is 13.3. The third kappa shape index (κ3) is 6.51. The van der Waals surface area contributed by atoms with E-state index in [1.807, 2.05) is 60.7 Å². The Morgan fingerprint density at radius 1 is 0.974 bits per heavy atom. The van der Waals surface area contributed by atoms with Crippen molar-refractivity contribution in [1.29, 1.82) is 0 Å². The number of oxazole rings is 1. The Morgan fingerprint density at radius 2 is 1.77 bits per heavy atom. The molecule has 1 aromatic heterocycles. The van der Waals surface area contributed by atoms with Crippen LogP contribution in [0.15, 0.2) is 101 Å². The Bertz CT molecular complexity index is 1600. The monoisotopic (exact) mass is 535 g/mol. The smallest absolute Gasteiger partial charge is 0.257 e. The van der Waals surface area contributed by atoms with Gasteiger partial charge in [-0.1, -0.05) is 56.3 Å². The third-order valence-electron chi connectivity index (χ3n) is 6.55. The molecule has 0 radical (unpaired) electrons. The summed E-state index contributed by atoms with van der Waals surface area (Å²) in [5.41, 5.74) is 5.90. The molecular weight excluding hydrogens is 506 g/mol. The fraction of sp³-hybridized carbons (Fsp3) is 0.156. The van der Waals surface area contributed by atoms with Gasteiger partial charge in [0.25, 0.3) is 5.91 Å². The molecule has 2 N–H and O–H groups in total. The number of nitrogens with one attached hydrogen (secondary N) is 2. The number of benzene rings is 4. The molecule has 0 fully saturated rings. The zero-order valence-corrected chi connectivity index (χ0v) is 22.6. The minimum Gasteiger partial charge on any atom is -0.489 e. The summed E-state index contributed by atoms with van der Waals surface area (Å²) in [6, 6.07) is 30.6. The number of ether oxygens (including phenoxy) is 1. The quantitative estimate of drug-likeness (QED) is 0.198. The van der Waals surface area contributed by atoms with Crippen molar-refractivity contribution < 1.29 is 13.9 Å². The van der Waals surface area contributed by atoms with Crippen LogP contribution < -0.4 is 15.4 Å². The van der Waals surface area contributed by atoms with Crippen molar-refractivity contribution in [2.75, 3.05) is 5.32 Å². The van der Waals surface area contributed by atoms with E-state index in [9.17, 15) is 4.79 Å². The van der Waals surface area contributed by atoms with Gasteiger partial charge >= 0.3 is 0 Å². The lowest BCUT2D eigenvalue weighted by atomic mass is 9.98. The first kappa shape index (κ1) is 26.1. The van der Waals surface area contributed by atoms with Crippen LogP contribution in [0.3, 0.4) is 0 Å². The molecule has 0 spiro atoms. The molecule has 7 heteroatoms. The maximum atomic E-state index is 12.7. The minimum absolute atomic E-state index is 0.192. The van der Waals surface area contributed by atoms with E-state index in [2.05, 4.69) is 36.6 Å². The maximum absolute atomic E-state index is 12.7. The lowest BCUT2D eigenvalue weighted by Crippen LogP contribution is -2.34. The van der Waals surface area contributed by atoms with Crippen LogP contribution in [0.25, 0.3) is 22.6 Å². The molecule has 6 nitrogen and oxygen atoms in total. The van der Waals surface area contributed by atoms with E-state index in [-0.39, 0.29) is 11.0 Å². The second kappa shape index (κ2) is 11.9. The number of anilines is 1. The third-order valence-corrected chi connectivity index (χ3v) is 6.76. The van der Waals surface area contributed by atoms with Crippen LogP contribution in [0.1, 0.15) is 47.7 Å². The zero-order valence-electron chi connectivity index (χ0n) is 21.8. The summed E-state index contributed by atoms with van der Waals surface area (Å²) in [5.74, 6) is 1.36. The Kier molecular flexibility index (Phi) is 7.99. The number of thiocarbonyl (C=S) groups is 1. The predicted octanol–water partition coefficient (Wildman–Crippen LogP) is 7.71. The molecule has 0 bridgehead atoms. The van der Waals surface area contributed by atoms with Crippen LogP contribution in [0.2, 0.25) is 0 Å². The molecule has 0 saturated carbocycles. The number of carbonyl (C=O) groups is 1. The van der Waals surface area contributed by atoms with Gasteiger partial charge in [0.15, 0.2) is 10.7 Å². The summed E-state index contributed by atoms with van der Waals surface area (Å²) in [6.45, 7) is 4.84. The first-order valence-electron chi connectivity index (χ1n) is 12.9. The molecule has 196 valence electrons. The van der Waals surface area contributed by atoms with E-state index in [1.54, 1.807) is 24.3 Å². The number of fused-ring (bicyclic) bond motifs is 1. The molecule has 0 aliphatic rings. The van der Waals surface area contributed by atoms with Gasteiger partial charge < -0.3 is 14.5 Å². The molecule has 1 atom stereocenters. The van der Waals surface area contributed by atoms with Gasteiger partial charge in [-0.15, -0.1) is 0 Å². The zero-order chi connectivity index (χ0) is 27.2. The summed E-state index contributed by atoms with van der Waals surface area (Å²) >= 11 is 5.39. The van der Waals surface area contributed by atoms with E-state index in [1.165, 1.54) is 5.56 Å². The van der Waals surface area contributed by atoms with Crippen molar-refractivity contribution in [2.24, 2.45) is 0 Å². The highest BCUT2D eigenvalue weighted by molar-refractivity contribution is 7.80. The molecule has 0 saturated heterocycles. The van der Waals surface area contributed by atoms with Gasteiger partial charge in [-0.25, -0.2) is 4.98 Å². The highest BCUT2D eigenvalue weighted by atomic mass is 32.1. The fourth-order valence-corrected chi connectivity index (χ4v) is 4.33. The fourth-order valence-electron chi connectivity index (χ4n) is 4.12. The number of nitrogens with zero attached hydrogens (tertiary/aromatic N) is 1. The van der Waals surface area contributed by atoms with Crippen LogP contribution >= 0.6 is 12.2 Å². The number of aromatic nitrogens is 1. The largest absolute Gasteiger partial charge is 0.489 e. The van der Waals surface area contributed by atoms with Gasteiger partial charge in [0.1, 0.15) is 17.9 Å². The number of amides is 1. The number of rotatable bonds is 8. The van der Waals surface area contributed by atoms with E-state index in [0.717, 1.165) is 28.6 Å². The minimum atomic E-state index is -0.311. The Balaban J connectivity index is 1.20. The van der Waals surface area contributed by atoms with E-state index >= 15 is 0 Å². The van der Waals surface area contributed by atoms with Crippen molar-refractivity contribution in [3.63, 3.8) is 0 Å². The van der Waals surface area contributed by atoms with Crippen LogP contribution in [0.5, 0.6) is 5.75 Å². The average molecular weight is 536 g/mol. The van der Waals surface area contributed by atoms with Gasteiger partial charge in [-0.3, -0.25) is 10.1 Å². The van der Waals surface area contributed by atoms with Gasteiger partial charge in [0.2, 0.25) is 5.89 Å². The summed E-state index contributed by atoms with van der Waals surface area (Å²) in [4.78, 5) is 17.4. The van der Waals surface area contributed by atoms with Crippen LogP contribution in [-0.4, -0.2) is 16.0 Å². The molecule has 1 amide bonds. The van der Waals surface area contributed by atoms with Crippen molar-refractivity contribution in [2.45, 2.75) is 32.8 Å². The Morgan fingerprint density at radius 3 is 2.54 bits per heavy atom. The van der Waals surface area contributed by atoms with Gasteiger partial charge in [0, 0.05) is 16.8 Å². The molecule has 39 heavy (non-hydrogen) atoms. The van der Waals surface area contributed by atoms with Crippen molar-refractivity contribution in [3.8, 4) is 17.2 Å². The molecule has 5 aromatic rings. The SMILES string of the molecule is CC[C@@H](C)c1ccc2oc(-c3cccc(NC(=S)NC(=O)c4ccc(OCc5ccccc5)cc4)c3)nc2c1. The normalized spacial score (nSPS) is 11.6. The Hall–Kier alpha value is -4.49. The van der Waals surface area contributed by atoms with Gasteiger partial charge in [-0.2, -0.15) is 0 Å². The summed E-state index contributed by atoms with van der Waals surface area (Å²) < 4.78 is 11.8. The number of hydrogen-bond donors (Lipinski definition) is 2. The second-order valence-electron chi connectivity index (χ2n) is 9.34. The van der Waals surface area contributed by atoms with E-state index in [4.69, 9.17) is 26.4 Å². The van der Waals surface area contributed by atoms with Crippen molar-refractivity contribution >= 4 is 40.0 Å². The lowest BCUT2D eigenvalue weighted by molar-refractivity contribution is 0.0977. The molecule has 5 rings (SSSR count). The first-order chi connectivity index (χ1) is 19.0. The van der Waals surface area contributed by atoms with E-state index < -0.39 is 0 Å². The Labute approximate surface area is 233 Å². The van der Waals surface area contributed by atoms with Gasteiger partial charge in [-0.05, 0) is 90.3 Å². The average Bonchev–Trinajstić information content (AvgIpc) is 3.40. The lowest BCUT2D eigenvalue weighted by Gasteiger charge is -2.11. The molecule has 0 aliphatic carbocycles. The molecule has 4 aromatic carbocycles.